The minimum Gasteiger partial charge on any atom is -0.395 e. The van der Waals surface area contributed by atoms with Gasteiger partial charge < -0.3 is 16.9 Å². The van der Waals surface area contributed by atoms with Crippen LogP contribution in [0.4, 0.5) is 17.3 Å². The summed E-state index contributed by atoms with van der Waals surface area (Å²) in [7, 11) is 0. The van der Waals surface area contributed by atoms with E-state index >= 15 is 0 Å². The largest absolute Gasteiger partial charge is 0.395 e. The van der Waals surface area contributed by atoms with Crippen molar-refractivity contribution < 1.29 is 0 Å². The number of hydrogen-bond acceptors (Lipinski definition) is 6. The van der Waals surface area contributed by atoms with Gasteiger partial charge in [-0.15, -0.1) is 0 Å². The van der Waals surface area contributed by atoms with E-state index in [4.69, 9.17) is 17.3 Å². The van der Waals surface area contributed by atoms with Crippen molar-refractivity contribution in [1.82, 2.24) is 4.98 Å². The van der Waals surface area contributed by atoms with Gasteiger partial charge in [0, 0.05) is 11.8 Å². The number of nitriles is 1. The highest BCUT2D eigenvalue weighted by atomic mass is 15.3. The Bertz CT molecular complexity index is 966. The predicted molar refractivity (Wildman–Crippen MR) is 118 cm³/mol. The quantitative estimate of drug-likeness (QED) is 0.344. The minimum absolute atomic E-state index is 0.0889. The molecule has 2 unspecified atom stereocenters. The third kappa shape index (κ3) is 5.03. The smallest absolute Gasteiger partial charge is 0.165 e. The van der Waals surface area contributed by atoms with Crippen LogP contribution in [-0.2, 0) is 6.42 Å². The third-order valence-electron chi connectivity index (χ3n) is 5.15. The Morgan fingerprint density at radius 2 is 1.66 bits per heavy atom. The van der Waals surface area contributed by atoms with Crippen molar-refractivity contribution in [3.05, 3.63) is 83.4 Å². The summed E-state index contributed by atoms with van der Waals surface area (Å²) in [6, 6.07) is 24.5. The van der Waals surface area contributed by atoms with E-state index in [1.807, 2.05) is 48.5 Å². The molecule has 0 amide bonds. The topological polar surface area (TPSA) is 127 Å². The van der Waals surface area contributed by atoms with Crippen LogP contribution < -0.4 is 22.7 Å². The summed E-state index contributed by atoms with van der Waals surface area (Å²) >= 11 is 0. The molecule has 2 aromatic carbocycles. The molecular weight excluding hydrogens is 360 g/mol. The second kappa shape index (κ2) is 9.58. The molecule has 0 aliphatic carbocycles. The van der Waals surface area contributed by atoms with E-state index in [-0.39, 0.29) is 11.8 Å². The highest BCUT2D eigenvalue weighted by Gasteiger charge is 2.24. The summed E-state index contributed by atoms with van der Waals surface area (Å²) in [6.45, 7) is 0. The Morgan fingerprint density at radius 1 is 1.00 bits per heavy atom. The number of hydrazine groups is 1. The Hall–Kier alpha value is -3.56. The van der Waals surface area contributed by atoms with Gasteiger partial charge in [0.15, 0.2) is 5.82 Å². The maximum atomic E-state index is 9.82. The van der Waals surface area contributed by atoms with Gasteiger partial charge in [0.25, 0.3) is 0 Å². The van der Waals surface area contributed by atoms with Gasteiger partial charge in [-0.05, 0) is 42.0 Å². The number of anilines is 3. The summed E-state index contributed by atoms with van der Waals surface area (Å²) in [5.41, 5.74) is 18.4. The fourth-order valence-electron chi connectivity index (χ4n) is 3.63. The molecule has 0 fully saturated rings. The molecule has 0 bridgehead atoms. The molecule has 3 aromatic rings. The maximum absolute atomic E-state index is 9.82. The van der Waals surface area contributed by atoms with Crippen molar-refractivity contribution in [3.8, 4) is 6.07 Å². The Kier molecular flexibility index (Phi) is 6.67. The maximum Gasteiger partial charge on any atom is 0.165 e. The van der Waals surface area contributed by atoms with Crippen molar-refractivity contribution in [2.45, 2.75) is 25.2 Å². The van der Waals surface area contributed by atoms with E-state index in [0.29, 0.717) is 23.7 Å². The number of benzene rings is 2. The highest BCUT2D eigenvalue weighted by Crippen LogP contribution is 2.38. The number of rotatable bonds is 8. The molecule has 2 atom stereocenters. The normalized spacial score (nSPS) is 12.7. The SMILES string of the molecule is N#CC(CCc1ccccc1)CC(c1ccccc1)c1cc(N)nc(NN)c1N. The third-order valence-corrected chi connectivity index (χ3v) is 5.15. The van der Waals surface area contributed by atoms with Crippen LogP contribution >= 0.6 is 0 Å². The summed E-state index contributed by atoms with van der Waals surface area (Å²) in [5, 5.41) is 9.82. The van der Waals surface area contributed by atoms with Crippen molar-refractivity contribution >= 4 is 17.3 Å². The number of aromatic nitrogens is 1. The second-order valence-electron chi connectivity index (χ2n) is 7.09. The number of pyridine rings is 1. The van der Waals surface area contributed by atoms with Gasteiger partial charge in [0.1, 0.15) is 5.82 Å². The summed E-state index contributed by atoms with van der Waals surface area (Å²) in [4.78, 5) is 4.15. The average molecular weight is 387 g/mol. The lowest BCUT2D eigenvalue weighted by Gasteiger charge is -2.23. The number of nitrogens with zero attached hydrogens (tertiary/aromatic N) is 2. The fourth-order valence-corrected chi connectivity index (χ4v) is 3.63. The van der Waals surface area contributed by atoms with Crippen LogP contribution in [0.5, 0.6) is 0 Å². The van der Waals surface area contributed by atoms with E-state index in [1.54, 1.807) is 6.07 Å². The Morgan fingerprint density at radius 3 is 2.28 bits per heavy atom. The van der Waals surface area contributed by atoms with Crippen LogP contribution in [0.25, 0.3) is 0 Å². The Balaban J connectivity index is 1.90. The molecular formula is C23H26N6. The molecule has 0 spiro atoms. The predicted octanol–water partition coefficient (Wildman–Crippen LogP) is 3.83. The first-order valence-corrected chi connectivity index (χ1v) is 9.63. The number of aryl methyl sites for hydroxylation is 1. The molecule has 6 nitrogen and oxygen atoms in total. The van der Waals surface area contributed by atoms with Gasteiger partial charge in [-0.3, -0.25) is 0 Å². The van der Waals surface area contributed by atoms with E-state index in [2.05, 4.69) is 28.6 Å². The fraction of sp³-hybridized carbons (Fsp3) is 0.217. The monoisotopic (exact) mass is 386 g/mol. The second-order valence-corrected chi connectivity index (χ2v) is 7.09. The first kappa shape index (κ1) is 20.2. The standard InChI is InChI=1S/C23H26N6/c24-15-17(12-11-16-7-3-1-4-8-16)13-19(18-9-5-2-6-10-18)20-14-21(25)28-23(29-27)22(20)26/h1-10,14,17,19H,11-13,26-27H2,(H3,25,28,29). The lowest BCUT2D eigenvalue weighted by molar-refractivity contribution is 0.522. The van der Waals surface area contributed by atoms with Crippen LogP contribution in [0, 0.1) is 17.2 Å². The molecule has 7 N–H and O–H groups in total. The summed E-state index contributed by atoms with van der Waals surface area (Å²) < 4.78 is 0. The molecule has 0 aliphatic rings. The van der Waals surface area contributed by atoms with Gasteiger partial charge in [-0.25, -0.2) is 10.8 Å². The van der Waals surface area contributed by atoms with E-state index in [0.717, 1.165) is 24.0 Å². The molecule has 148 valence electrons. The lowest BCUT2D eigenvalue weighted by Crippen LogP contribution is -2.16. The minimum atomic E-state index is -0.136. The van der Waals surface area contributed by atoms with Crippen LogP contribution in [-0.4, -0.2) is 4.98 Å². The number of nitrogens with two attached hydrogens (primary N) is 3. The highest BCUT2D eigenvalue weighted by molar-refractivity contribution is 5.70. The summed E-state index contributed by atoms with van der Waals surface area (Å²) in [5.74, 6) is 6.02. The van der Waals surface area contributed by atoms with Crippen molar-refractivity contribution in [2.24, 2.45) is 11.8 Å². The van der Waals surface area contributed by atoms with Gasteiger partial charge in [0.05, 0.1) is 11.8 Å². The Labute approximate surface area is 171 Å². The molecule has 3 rings (SSSR count). The van der Waals surface area contributed by atoms with Crippen LogP contribution in [0.15, 0.2) is 66.7 Å². The van der Waals surface area contributed by atoms with E-state index < -0.39 is 0 Å². The molecule has 1 heterocycles. The van der Waals surface area contributed by atoms with Crippen LogP contribution in [0.3, 0.4) is 0 Å². The molecule has 1 aromatic heterocycles. The van der Waals surface area contributed by atoms with E-state index in [1.165, 1.54) is 5.56 Å². The average Bonchev–Trinajstić information content (AvgIpc) is 2.77. The van der Waals surface area contributed by atoms with Gasteiger partial charge in [0.2, 0.25) is 0 Å². The first-order chi connectivity index (χ1) is 14.1. The van der Waals surface area contributed by atoms with Gasteiger partial charge >= 0.3 is 0 Å². The van der Waals surface area contributed by atoms with Crippen LogP contribution in [0.2, 0.25) is 0 Å². The van der Waals surface area contributed by atoms with E-state index in [9.17, 15) is 5.26 Å². The molecule has 29 heavy (non-hydrogen) atoms. The number of nitrogens with one attached hydrogen (secondary N) is 1. The van der Waals surface area contributed by atoms with Crippen molar-refractivity contribution in [1.29, 1.82) is 5.26 Å². The van der Waals surface area contributed by atoms with Gasteiger partial charge in [-0.1, -0.05) is 60.7 Å². The molecule has 0 radical (unpaired) electrons. The lowest BCUT2D eigenvalue weighted by atomic mass is 9.81. The summed E-state index contributed by atoms with van der Waals surface area (Å²) in [6.07, 6.45) is 2.25. The first-order valence-electron chi connectivity index (χ1n) is 9.63. The zero-order valence-electron chi connectivity index (χ0n) is 16.3. The zero-order chi connectivity index (χ0) is 20.6. The molecule has 0 aliphatic heterocycles. The van der Waals surface area contributed by atoms with Crippen molar-refractivity contribution in [2.75, 3.05) is 16.9 Å². The van der Waals surface area contributed by atoms with Crippen LogP contribution in [0.1, 0.15) is 35.4 Å². The molecule has 0 saturated carbocycles. The molecule has 0 saturated heterocycles. The number of nitrogen functional groups attached to an aromatic ring is 3. The number of hydrogen-bond donors (Lipinski definition) is 4. The van der Waals surface area contributed by atoms with Gasteiger partial charge in [-0.2, -0.15) is 5.26 Å². The zero-order valence-corrected chi connectivity index (χ0v) is 16.3. The molecule has 6 heteroatoms. The van der Waals surface area contributed by atoms with Crippen molar-refractivity contribution in [3.63, 3.8) is 0 Å².